The van der Waals surface area contributed by atoms with E-state index in [-0.39, 0.29) is 30.2 Å². The molecule has 22 heavy (non-hydrogen) atoms. The predicted molar refractivity (Wildman–Crippen MR) is 82.6 cm³/mol. The highest BCUT2D eigenvalue weighted by Crippen LogP contribution is 2.15. The standard InChI is InChI=1S/C16H19N3O3/c1-11(14-7-4-8-22-14)18-15(20)10-19-13-6-3-2-5-12(13)17-9-16(19)21/h2-3,5-6,9,11,14H,4,7-8,10H2,1H3,(H,18,20)/t11-,14+/m0/s1. The van der Waals surface area contributed by atoms with Gasteiger partial charge < -0.3 is 10.1 Å². The third-order valence-corrected chi connectivity index (χ3v) is 3.97. The molecule has 0 radical (unpaired) electrons. The minimum Gasteiger partial charge on any atom is -0.376 e. The maximum absolute atomic E-state index is 12.2. The third-order valence-electron chi connectivity index (χ3n) is 3.97. The van der Waals surface area contributed by atoms with Crippen molar-refractivity contribution in [2.75, 3.05) is 6.61 Å². The zero-order valence-corrected chi connectivity index (χ0v) is 12.5. The predicted octanol–water partition coefficient (Wildman–Crippen LogP) is 1.08. The number of para-hydroxylation sites is 2. The minimum absolute atomic E-state index is 0.0150. The van der Waals surface area contributed by atoms with Crippen LogP contribution in [0.5, 0.6) is 0 Å². The van der Waals surface area contributed by atoms with E-state index in [1.54, 1.807) is 6.07 Å². The summed E-state index contributed by atoms with van der Waals surface area (Å²) in [5.41, 5.74) is 1.08. The number of ether oxygens (including phenoxy) is 1. The van der Waals surface area contributed by atoms with E-state index in [9.17, 15) is 9.59 Å². The number of nitrogens with one attached hydrogen (secondary N) is 1. The van der Waals surface area contributed by atoms with Gasteiger partial charge in [0, 0.05) is 6.61 Å². The van der Waals surface area contributed by atoms with Crippen LogP contribution in [-0.2, 0) is 16.1 Å². The van der Waals surface area contributed by atoms with Gasteiger partial charge in [0.1, 0.15) is 6.54 Å². The normalized spacial score (nSPS) is 19.2. The fourth-order valence-corrected chi connectivity index (χ4v) is 2.81. The number of benzene rings is 1. The summed E-state index contributed by atoms with van der Waals surface area (Å²) < 4.78 is 7.01. The van der Waals surface area contributed by atoms with Crippen LogP contribution < -0.4 is 10.9 Å². The fourth-order valence-electron chi connectivity index (χ4n) is 2.81. The molecule has 1 saturated heterocycles. The number of carbonyl (C=O) groups excluding carboxylic acids is 1. The molecule has 2 heterocycles. The molecular formula is C16H19N3O3. The van der Waals surface area contributed by atoms with Crippen LogP contribution in [0.15, 0.2) is 35.3 Å². The van der Waals surface area contributed by atoms with Gasteiger partial charge in [0.05, 0.1) is 29.4 Å². The van der Waals surface area contributed by atoms with E-state index in [0.29, 0.717) is 11.0 Å². The average molecular weight is 301 g/mol. The largest absolute Gasteiger partial charge is 0.376 e. The molecule has 1 aromatic heterocycles. The van der Waals surface area contributed by atoms with E-state index in [0.717, 1.165) is 19.4 Å². The molecule has 0 spiro atoms. The second-order valence-electron chi connectivity index (χ2n) is 5.58. The molecule has 6 nitrogen and oxygen atoms in total. The molecule has 0 bridgehead atoms. The summed E-state index contributed by atoms with van der Waals surface area (Å²) in [6, 6.07) is 7.23. The number of rotatable bonds is 4. The second kappa shape index (κ2) is 6.27. The van der Waals surface area contributed by atoms with Gasteiger partial charge in [-0.25, -0.2) is 4.98 Å². The van der Waals surface area contributed by atoms with Gasteiger partial charge in [-0.3, -0.25) is 14.2 Å². The fraction of sp³-hybridized carbons (Fsp3) is 0.438. The van der Waals surface area contributed by atoms with Crippen molar-refractivity contribution in [2.24, 2.45) is 0 Å². The Kier molecular flexibility index (Phi) is 4.20. The van der Waals surface area contributed by atoms with Crippen molar-refractivity contribution in [3.63, 3.8) is 0 Å². The van der Waals surface area contributed by atoms with E-state index in [1.165, 1.54) is 10.8 Å². The van der Waals surface area contributed by atoms with Crippen LogP contribution in [0.1, 0.15) is 19.8 Å². The van der Waals surface area contributed by atoms with E-state index in [2.05, 4.69) is 10.3 Å². The summed E-state index contributed by atoms with van der Waals surface area (Å²) >= 11 is 0. The number of hydrogen-bond acceptors (Lipinski definition) is 4. The highest BCUT2D eigenvalue weighted by molar-refractivity contribution is 5.80. The third kappa shape index (κ3) is 3.01. The topological polar surface area (TPSA) is 73.2 Å². The number of aromatic nitrogens is 2. The molecule has 2 aromatic rings. The zero-order chi connectivity index (χ0) is 15.5. The molecule has 1 aromatic carbocycles. The van der Waals surface area contributed by atoms with Gasteiger partial charge in [0.2, 0.25) is 5.91 Å². The van der Waals surface area contributed by atoms with Crippen molar-refractivity contribution in [1.29, 1.82) is 0 Å². The van der Waals surface area contributed by atoms with Crippen molar-refractivity contribution in [2.45, 2.75) is 38.5 Å². The molecule has 1 amide bonds. The summed E-state index contributed by atoms with van der Waals surface area (Å²) in [5.74, 6) is -0.193. The highest BCUT2D eigenvalue weighted by atomic mass is 16.5. The number of hydrogen-bond donors (Lipinski definition) is 1. The van der Waals surface area contributed by atoms with Gasteiger partial charge in [-0.1, -0.05) is 12.1 Å². The first-order chi connectivity index (χ1) is 10.6. The van der Waals surface area contributed by atoms with Crippen molar-refractivity contribution in [3.05, 3.63) is 40.8 Å². The lowest BCUT2D eigenvalue weighted by molar-refractivity contribution is -0.123. The lowest BCUT2D eigenvalue weighted by Crippen LogP contribution is -2.43. The Morgan fingerprint density at radius 2 is 2.32 bits per heavy atom. The van der Waals surface area contributed by atoms with Crippen molar-refractivity contribution < 1.29 is 9.53 Å². The summed E-state index contributed by atoms with van der Waals surface area (Å²) in [6.45, 7) is 2.67. The maximum Gasteiger partial charge on any atom is 0.269 e. The van der Waals surface area contributed by atoms with E-state index < -0.39 is 0 Å². The monoisotopic (exact) mass is 301 g/mol. The SMILES string of the molecule is C[C@H](NC(=O)Cn1c(=O)cnc2ccccc21)[C@H]1CCCO1. The molecule has 0 aliphatic carbocycles. The van der Waals surface area contributed by atoms with Crippen LogP contribution >= 0.6 is 0 Å². The van der Waals surface area contributed by atoms with Crippen molar-refractivity contribution >= 4 is 16.9 Å². The van der Waals surface area contributed by atoms with Gasteiger partial charge in [-0.15, -0.1) is 0 Å². The second-order valence-corrected chi connectivity index (χ2v) is 5.58. The highest BCUT2D eigenvalue weighted by Gasteiger charge is 2.23. The zero-order valence-electron chi connectivity index (χ0n) is 12.5. The van der Waals surface area contributed by atoms with Crippen molar-refractivity contribution in [3.8, 4) is 0 Å². The lowest BCUT2D eigenvalue weighted by atomic mass is 10.1. The van der Waals surface area contributed by atoms with E-state index >= 15 is 0 Å². The first-order valence-electron chi connectivity index (χ1n) is 7.51. The number of amides is 1. The molecule has 1 fully saturated rings. The Morgan fingerprint density at radius 1 is 1.50 bits per heavy atom. The quantitative estimate of drug-likeness (QED) is 0.917. The lowest BCUT2D eigenvalue weighted by Gasteiger charge is -2.20. The Morgan fingerprint density at radius 3 is 3.09 bits per heavy atom. The van der Waals surface area contributed by atoms with Crippen LogP contribution in [0.3, 0.4) is 0 Å². The molecular weight excluding hydrogens is 282 g/mol. The van der Waals surface area contributed by atoms with Crippen LogP contribution in [0, 0.1) is 0 Å². The van der Waals surface area contributed by atoms with E-state index in [4.69, 9.17) is 4.74 Å². The molecule has 1 N–H and O–H groups in total. The first-order valence-corrected chi connectivity index (χ1v) is 7.51. The summed E-state index contributed by atoms with van der Waals surface area (Å²) in [6.07, 6.45) is 3.30. The van der Waals surface area contributed by atoms with Crippen LogP contribution in [0.2, 0.25) is 0 Å². The Labute approximate surface area is 128 Å². The Bertz CT molecular complexity index is 735. The molecule has 3 rings (SSSR count). The van der Waals surface area contributed by atoms with Gasteiger partial charge in [-0.05, 0) is 31.9 Å². The number of nitrogens with zero attached hydrogens (tertiary/aromatic N) is 2. The van der Waals surface area contributed by atoms with Gasteiger partial charge in [0.25, 0.3) is 5.56 Å². The van der Waals surface area contributed by atoms with Crippen molar-refractivity contribution in [1.82, 2.24) is 14.9 Å². The smallest absolute Gasteiger partial charge is 0.269 e. The maximum atomic E-state index is 12.2. The molecule has 116 valence electrons. The first kappa shape index (κ1) is 14.7. The average Bonchev–Trinajstić information content (AvgIpc) is 3.04. The molecule has 2 atom stereocenters. The summed E-state index contributed by atoms with van der Waals surface area (Å²) in [7, 11) is 0. The molecule has 0 saturated carbocycles. The van der Waals surface area contributed by atoms with Gasteiger partial charge in [-0.2, -0.15) is 0 Å². The van der Waals surface area contributed by atoms with Crippen LogP contribution in [0.25, 0.3) is 11.0 Å². The Balaban J connectivity index is 1.76. The van der Waals surface area contributed by atoms with Gasteiger partial charge in [0.15, 0.2) is 0 Å². The minimum atomic E-state index is -0.279. The molecule has 1 aliphatic rings. The van der Waals surface area contributed by atoms with Crippen LogP contribution in [0.4, 0.5) is 0 Å². The summed E-state index contributed by atoms with van der Waals surface area (Å²) in [5, 5.41) is 2.92. The number of carbonyl (C=O) groups is 1. The molecule has 6 heteroatoms. The van der Waals surface area contributed by atoms with E-state index in [1.807, 2.05) is 25.1 Å². The van der Waals surface area contributed by atoms with Gasteiger partial charge >= 0.3 is 0 Å². The van der Waals surface area contributed by atoms with Crippen LogP contribution in [-0.4, -0.2) is 34.2 Å². The Hall–Kier alpha value is -2.21. The molecule has 1 aliphatic heterocycles. The summed E-state index contributed by atoms with van der Waals surface area (Å²) in [4.78, 5) is 28.3. The number of fused-ring (bicyclic) bond motifs is 1. The molecule has 0 unspecified atom stereocenters.